The molecule has 1 aliphatic carbocycles. The average Bonchev–Trinajstić information content (AvgIpc) is 3.44. The first-order valence-corrected chi connectivity index (χ1v) is 14.3. The quantitative estimate of drug-likeness (QED) is 0.533. The van der Waals surface area contributed by atoms with Crippen LogP contribution in [0.2, 0.25) is 0 Å². The summed E-state index contributed by atoms with van der Waals surface area (Å²) in [6.07, 6.45) is 8.72. The summed E-state index contributed by atoms with van der Waals surface area (Å²) in [6.45, 7) is 2.65. The largest absolute Gasteiger partial charge is 0.321 e. The lowest BCUT2D eigenvalue weighted by molar-refractivity contribution is -0.00246. The number of pyridine rings is 1. The van der Waals surface area contributed by atoms with Crippen molar-refractivity contribution in [3.8, 4) is 0 Å². The van der Waals surface area contributed by atoms with E-state index in [1.807, 2.05) is 30.1 Å². The molecule has 4 heterocycles. The molecule has 3 aromatic rings. The van der Waals surface area contributed by atoms with E-state index in [1.165, 1.54) is 6.07 Å². The third-order valence-electron chi connectivity index (χ3n) is 9.22. The first-order chi connectivity index (χ1) is 19.4. The first-order valence-electron chi connectivity index (χ1n) is 14.3. The molecule has 2 atom stereocenters. The van der Waals surface area contributed by atoms with Crippen molar-refractivity contribution < 1.29 is 13.6 Å². The van der Waals surface area contributed by atoms with E-state index in [0.717, 1.165) is 44.2 Å². The lowest BCUT2D eigenvalue weighted by Crippen LogP contribution is -2.64. The van der Waals surface area contributed by atoms with Crippen molar-refractivity contribution in [1.82, 2.24) is 29.4 Å². The summed E-state index contributed by atoms with van der Waals surface area (Å²) in [4.78, 5) is 37.8. The van der Waals surface area contributed by atoms with Crippen LogP contribution in [-0.4, -0.2) is 74.9 Å². The number of aromatic nitrogens is 2. The van der Waals surface area contributed by atoms with Crippen LogP contribution in [0.15, 0.2) is 53.6 Å². The monoisotopic (exact) mass is 550 g/mol. The van der Waals surface area contributed by atoms with Gasteiger partial charge < -0.3 is 15.1 Å². The van der Waals surface area contributed by atoms with Crippen LogP contribution < -0.4 is 10.9 Å². The number of fused-ring (bicyclic) bond motifs is 1. The fourth-order valence-electron chi connectivity index (χ4n) is 7.01. The van der Waals surface area contributed by atoms with Gasteiger partial charge in [-0.05, 0) is 63.1 Å². The maximum atomic E-state index is 14.9. The summed E-state index contributed by atoms with van der Waals surface area (Å²) in [7, 11) is 1.86. The van der Waals surface area contributed by atoms with E-state index in [4.69, 9.17) is 0 Å². The average molecular weight is 551 g/mol. The fraction of sp³-hybridized carbons (Fsp3) is 0.500. The number of amides is 2. The van der Waals surface area contributed by atoms with Crippen molar-refractivity contribution in [2.24, 2.45) is 0 Å². The molecule has 8 nitrogen and oxygen atoms in total. The van der Waals surface area contributed by atoms with E-state index in [1.54, 1.807) is 21.7 Å². The number of likely N-dealkylation sites (tertiary alicyclic amines) is 1. The minimum Gasteiger partial charge on any atom is -0.321 e. The van der Waals surface area contributed by atoms with Gasteiger partial charge in [0.2, 0.25) is 0 Å². The number of carbonyl (C=O) groups is 1. The maximum Gasteiger partial charge on any atom is 0.320 e. The molecule has 0 bridgehead atoms. The van der Waals surface area contributed by atoms with Crippen LogP contribution in [0.3, 0.4) is 0 Å². The molecular formula is C30H36F2N6O2. The number of hydrogen-bond acceptors (Lipinski definition) is 5. The van der Waals surface area contributed by atoms with Crippen molar-refractivity contribution in [2.75, 3.05) is 33.2 Å². The van der Waals surface area contributed by atoms with Gasteiger partial charge in [-0.1, -0.05) is 18.9 Å². The second kappa shape index (κ2) is 10.9. The minimum absolute atomic E-state index is 0.0652. The predicted molar refractivity (Wildman–Crippen MR) is 148 cm³/mol. The van der Waals surface area contributed by atoms with Gasteiger partial charge in [-0.25, -0.2) is 18.6 Å². The zero-order valence-corrected chi connectivity index (χ0v) is 22.9. The Morgan fingerprint density at radius 3 is 2.75 bits per heavy atom. The van der Waals surface area contributed by atoms with Gasteiger partial charge in [0.05, 0.1) is 11.6 Å². The third kappa shape index (κ3) is 4.88. The number of nitrogens with zero attached hydrogens (tertiary/aromatic N) is 5. The van der Waals surface area contributed by atoms with E-state index in [9.17, 15) is 18.4 Å². The van der Waals surface area contributed by atoms with Gasteiger partial charge in [-0.15, -0.1) is 0 Å². The fourth-order valence-corrected chi connectivity index (χ4v) is 7.01. The Hall–Kier alpha value is -3.37. The van der Waals surface area contributed by atoms with Crippen molar-refractivity contribution in [1.29, 1.82) is 0 Å². The lowest BCUT2D eigenvalue weighted by Gasteiger charge is -2.51. The molecule has 10 heteroatoms. The van der Waals surface area contributed by atoms with Crippen LogP contribution in [-0.2, 0) is 6.54 Å². The van der Waals surface area contributed by atoms with E-state index in [0.29, 0.717) is 50.4 Å². The number of halogens is 2. The Bertz CT molecular complexity index is 1460. The van der Waals surface area contributed by atoms with Crippen LogP contribution in [0.5, 0.6) is 0 Å². The summed E-state index contributed by atoms with van der Waals surface area (Å²) in [5.74, 6) is -0.999. The lowest BCUT2D eigenvalue weighted by atomic mass is 9.90. The molecule has 0 unspecified atom stereocenters. The number of urea groups is 1. The molecular weight excluding hydrogens is 514 g/mol. The minimum atomic E-state index is -0.546. The maximum absolute atomic E-state index is 14.9. The van der Waals surface area contributed by atoms with E-state index >= 15 is 0 Å². The molecule has 1 saturated carbocycles. The molecule has 2 aromatic heterocycles. The number of nitrogens with one attached hydrogen (secondary N) is 1. The number of piperazine rings is 1. The smallest absolute Gasteiger partial charge is 0.320 e. The number of piperidine rings is 1. The molecule has 3 aliphatic rings. The highest BCUT2D eigenvalue weighted by molar-refractivity contribution is 5.75. The molecule has 40 heavy (non-hydrogen) atoms. The molecule has 6 rings (SSSR count). The molecule has 212 valence electrons. The molecule has 2 aliphatic heterocycles. The highest BCUT2D eigenvalue weighted by Gasteiger charge is 2.46. The standard InChI is InChI=1S/C30H36F2N6O2/c1-33-23-9-13-37(26(17-23)24-16-22(31)7-8-25(24)32)29(40)35-14-15-36(30(20-35)10-3-4-11-30)19-21-18-34-27-6-2-5-12-38(27)28(21)39/h2,5-8,12,16,18,23,26,33H,3-4,9-11,13-15,17,19-20H2,1H3/t23-,26+/m1/s1. The van der Waals surface area contributed by atoms with Crippen LogP contribution in [0.25, 0.3) is 5.65 Å². The Kier molecular flexibility index (Phi) is 7.31. The van der Waals surface area contributed by atoms with E-state index in [-0.39, 0.29) is 28.7 Å². The summed E-state index contributed by atoms with van der Waals surface area (Å²) < 4.78 is 30.7. The normalized spacial score (nSPS) is 23.3. The van der Waals surface area contributed by atoms with E-state index in [2.05, 4.69) is 15.2 Å². The highest BCUT2D eigenvalue weighted by Crippen LogP contribution is 2.40. The van der Waals surface area contributed by atoms with Gasteiger partial charge >= 0.3 is 6.03 Å². The number of hydrogen-bond donors (Lipinski definition) is 1. The second-order valence-corrected chi connectivity index (χ2v) is 11.5. The molecule has 2 amide bonds. The molecule has 2 saturated heterocycles. The Labute approximate surface area is 232 Å². The van der Waals surface area contributed by atoms with Gasteiger partial charge in [0, 0.05) is 62.3 Å². The summed E-state index contributed by atoms with van der Waals surface area (Å²) >= 11 is 0. The second-order valence-electron chi connectivity index (χ2n) is 11.5. The van der Waals surface area contributed by atoms with Crippen LogP contribution in [0, 0.1) is 11.6 Å². The summed E-state index contributed by atoms with van der Waals surface area (Å²) in [6, 6.07) is 8.43. The number of benzene rings is 1. The first kappa shape index (κ1) is 26.8. The van der Waals surface area contributed by atoms with Gasteiger partial charge in [-0.3, -0.25) is 14.1 Å². The number of rotatable bonds is 4. The van der Waals surface area contributed by atoms with Crippen LogP contribution in [0.4, 0.5) is 13.6 Å². The molecule has 1 N–H and O–H groups in total. The SMILES string of the molecule is CN[C@@H]1CCN(C(=O)N2CCN(Cc3cnc4ccccn4c3=O)C3(CCCC3)C2)[C@H](c2cc(F)ccc2F)C1. The molecule has 1 aromatic carbocycles. The van der Waals surface area contributed by atoms with Gasteiger partial charge in [0.1, 0.15) is 17.3 Å². The Morgan fingerprint density at radius 1 is 1.12 bits per heavy atom. The predicted octanol–water partition coefficient (Wildman–Crippen LogP) is 3.95. The van der Waals surface area contributed by atoms with Gasteiger partial charge in [0.15, 0.2) is 0 Å². The van der Waals surface area contributed by atoms with Crippen molar-refractivity contribution >= 4 is 11.7 Å². The van der Waals surface area contributed by atoms with Crippen LogP contribution in [0.1, 0.15) is 55.7 Å². The Balaban J connectivity index is 1.25. The Morgan fingerprint density at radius 2 is 1.95 bits per heavy atom. The summed E-state index contributed by atoms with van der Waals surface area (Å²) in [5, 5.41) is 3.25. The molecule has 0 radical (unpaired) electrons. The highest BCUT2D eigenvalue weighted by atomic mass is 19.1. The summed E-state index contributed by atoms with van der Waals surface area (Å²) in [5.41, 5.74) is 1.20. The van der Waals surface area contributed by atoms with Crippen molar-refractivity contribution in [3.05, 3.63) is 81.9 Å². The van der Waals surface area contributed by atoms with E-state index < -0.39 is 17.7 Å². The van der Waals surface area contributed by atoms with Gasteiger partial charge in [0.25, 0.3) is 5.56 Å². The zero-order chi connectivity index (χ0) is 27.9. The molecule has 3 fully saturated rings. The number of carbonyl (C=O) groups excluding carboxylic acids is 1. The third-order valence-corrected chi connectivity index (χ3v) is 9.22. The molecule has 1 spiro atoms. The van der Waals surface area contributed by atoms with Gasteiger partial charge in [-0.2, -0.15) is 0 Å². The van der Waals surface area contributed by atoms with Crippen LogP contribution >= 0.6 is 0 Å². The van der Waals surface area contributed by atoms with Crippen molar-refractivity contribution in [3.63, 3.8) is 0 Å². The zero-order valence-electron chi connectivity index (χ0n) is 22.9. The van der Waals surface area contributed by atoms with Crippen molar-refractivity contribution in [2.45, 2.75) is 62.7 Å². The topological polar surface area (TPSA) is 73.2 Å².